The molecule has 0 spiro atoms. The van der Waals surface area contributed by atoms with Crippen LogP contribution in [0.4, 0.5) is 11.4 Å². The van der Waals surface area contributed by atoms with E-state index in [0.29, 0.717) is 19.6 Å². The standard InChI is InChI=1S/C23H25N3O4/c24-23-21(26(28)29)12-7-13-22(23)30-17-20(27)16-25(14-18-8-3-1-4-9-18)15-19-10-5-2-6-11-19/h1-13,20,27H,14-17,24H2/t20-/m0/s1. The highest BCUT2D eigenvalue weighted by Crippen LogP contribution is 2.30. The summed E-state index contributed by atoms with van der Waals surface area (Å²) in [5, 5.41) is 21.6. The van der Waals surface area contributed by atoms with Gasteiger partial charge >= 0.3 is 0 Å². The van der Waals surface area contributed by atoms with Gasteiger partial charge in [0.05, 0.1) is 4.92 Å². The SMILES string of the molecule is Nc1c(OC[C@@H](O)CN(Cc2ccccc2)Cc2ccccc2)cccc1[N+](=O)[O-]. The summed E-state index contributed by atoms with van der Waals surface area (Å²) in [6.07, 6.45) is -0.795. The lowest BCUT2D eigenvalue weighted by molar-refractivity contribution is -0.384. The zero-order valence-corrected chi connectivity index (χ0v) is 16.6. The lowest BCUT2D eigenvalue weighted by atomic mass is 10.1. The summed E-state index contributed by atoms with van der Waals surface area (Å²) in [6.45, 7) is 1.70. The molecule has 3 rings (SSSR count). The van der Waals surface area contributed by atoms with Crippen LogP contribution in [0.25, 0.3) is 0 Å². The van der Waals surface area contributed by atoms with Crippen molar-refractivity contribution in [1.29, 1.82) is 0 Å². The number of para-hydroxylation sites is 1. The van der Waals surface area contributed by atoms with Crippen molar-refractivity contribution < 1.29 is 14.8 Å². The molecule has 0 radical (unpaired) electrons. The van der Waals surface area contributed by atoms with E-state index in [4.69, 9.17) is 10.5 Å². The molecule has 0 bridgehead atoms. The number of nitrogens with zero attached hydrogens (tertiary/aromatic N) is 2. The molecule has 0 saturated carbocycles. The van der Waals surface area contributed by atoms with Gasteiger partial charge in [-0.25, -0.2) is 0 Å². The Morgan fingerprint density at radius 3 is 2.03 bits per heavy atom. The first kappa shape index (κ1) is 21.3. The Bertz CT molecular complexity index is 910. The fourth-order valence-electron chi connectivity index (χ4n) is 3.22. The second kappa shape index (κ2) is 10.4. The highest BCUT2D eigenvalue weighted by atomic mass is 16.6. The van der Waals surface area contributed by atoms with Gasteiger partial charge in [-0.1, -0.05) is 66.7 Å². The van der Waals surface area contributed by atoms with Crippen LogP contribution in [0.5, 0.6) is 5.75 Å². The van der Waals surface area contributed by atoms with Crippen LogP contribution in [-0.2, 0) is 13.1 Å². The third kappa shape index (κ3) is 6.04. The summed E-state index contributed by atoms with van der Waals surface area (Å²) < 4.78 is 5.58. The van der Waals surface area contributed by atoms with Gasteiger partial charge in [0.1, 0.15) is 18.5 Å². The maximum absolute atomic E-state index is 11.0. The zero-order chi connectivity index (χ0) is 21.3. The van der Waals surface area contributed by atoms with E-state index in [1.54, 1.807) is 6.07 Å². The minimum Gasteiger partial charge on any atom is -0.488 e. The molecule has 3 aromatic carbocycles. The fourth-order valence-corrected chi connectivity index (χ4v) is 3.22. The Hall–Kier alpha value is -3.42. The van der Waals surface area contributed by atoms with Crippen molar-refractivity contribution in [3.63, 3.8) is 0 Å². The van der Waals surface area contributed by atoms with Crippen LogP contribution < -0.4 is 10.5 Å². The van der Waals surface area contributed by atoms with E-state index >= 15 is 0 Å². The highest BCUT2D eigenvalue weighted by Gasteiger charge is 2.18. The van der Waals surface area contributed by atoms with Crippen LogP contribution in [0.3, 0.4) is 0 Å². The van der Waals surface area contributed by atoms with Gasteiger partial charge in [-0.15, -0.1) is 0 Å². The molecule has 0 aromatic heterocycles. The number of nitro benzene ring substituents is 1. The van der Waals surface area contributed by atoms with Crippen LogP contribution >= 0.6 is 0 Å². The maximum atomic E-state index is 11.0. The van der Waals surface area contributed by atoms with E-state index in [0.717, 1.165) is 11.1 Å². The molecule has 0 heterocycles. The number of hydrogen-bond donors (Lipinski definition) is 2. The number of rotatable bonds is 10. The summed E-state index contributed by atoms with van der Waals surface area (Å²) in [6, 6.07) is 24.5. The van der Waals surface area contributed by atoms with Crippen molar-refractivity contribution in [3.05, 3.63) is 100 Å². The van der Waals surface area contributed by atoms with Gasteiger partial charge in [0, 0.05) is 25.7 Å². The first-order chi connectivity index (χ1) is 14.5. The molecule has 7 heteroatoms. The van der Waals surface area contributed by atoms with Crippen molar-refractivity contribution in [2.45, 2.75) is 19.2 Å². The number of benzene rings is 3. The smallest absolute Gasteiger partial charge is 0.295 e. The molecule has 0 unspecified atom stereocenters. The van der Waals surface area contributed by atoms with E-state index < -0.39 is 11.0 Å². The number of aliphatic hydroxyl groups excluding tert-OH is 1. The molecule has 1 atom stereocenters. The molecule has 0 aliphatic carbocycles. The molecule has 30 heavy (non-hydrogen) atoms. The summed E-state index contributed by atoms with van der Waals surface area (Å²) in [5.74, 6) is 0.195. The summed E-state index contributed by atoms with van der Waals surface area (Å²) >= 11 is 0. The van der Waals surface area contributed by atoms with E-state index in [2.05, 4.69) is 4.90 Å². The number of aliphatic hydroxyl groups is 1. The van der Waals surface area contributed by atoms with Crippen molar-refractivity contribution in [2.24, 2.45) is 0 Å². The van der Waals surface area contributed by atoms with E-state index in [1.165, 1.54) is 12.1 Å². The Labute approximate surface area is 175 Å². The predicted octanol–water partition coefficient (Wildman–Crippen LogP) is 3.62. The van der Waals surface area contributed by atoms with Crippen LogP contribution in [0.15, 0.2) is 78.9 Å². The molecule has 156 valence electrons. The minimum absolute atomic E-state index is 0.0224. The topological polar surface area (TPSA) is 102 Å². The minimum atomic E-state index is -0.795. The molecule has 0 fully saturated rings. The van der Waals surface area contributed by atoms with Crippen LogP contribution in [0.2, 0.25) is 0 Å². The second-order valence-corrected chi connectivity index (χ2v) is 7.05. The normalized spacial score (nSPS) is 11.9. The van der Waals surface area contributed by atoms with E-state index in [1.807, 2.05) is 60.7 Å². The van der Waals surface area contributed by atoms with Crippen molar-refractivity contribution in [2.75, 3.05) is 18.9 Å². The van der Waals surface area contributed by atoms with Crippen molar-refractivity contribution >= 4 is 11.4 Å². The van der Waals surface area contributed by atoms with Crippen LogP contribution in [0, 0.1) is 10.1 Å². The molecular formula is C23H25N3O4. The number of nitrogen functional groups attached to an aromatic ring is 1. The van der Waals surface area contributed by atoms with E-state index in [9.17, 15) is 15.2 Å². The average Bonchev–Trinajstić information content (AvgIpc) is 2.74. The van der Waals surface area contributed by atoms with Gasteiger partial charge in [0.25, 0.3) is 5.69 Å². The molecule has 0 saturated heterocycles. The molecule has 0 aliphatic rings. The van der Waals surface area contributed by atoms with Crippen LogP contribution in [-0.4, -0.2) is 34.2 Å². The van der Waals surface area contributed by atoms with E-state index in [-0.39, 0.29) is 23.7 Å². The van der Waals surface area contributed by atoms with Gasteiger partial charge in [0.15, 0.2) is 5.69 Å². The molecule has 3 N–H and O–H groups in total. The predicted molar refractivity (Wildman–Crippen MR) is 116 cm³/mol. The lowest BCUT2D eigenvalue weighted by Gasteiger charge is -2.25. The third-order valence-corrected chi connectivity index (χ3v) is 4.64. The lowest BCUT2D eigenvalue weighted by Crippen LogP contribution is -2.35. The number of anilines is 1. The molecule has 0 aliphatic heterocycles. The largest absolute Gasteiger partial charge is 0.488 e. The fraction of sp³-hybridized carbons (Fsp3) is 0.217. The Morgan fingerprint density at radius 2 is 1.50 bits per heavy atom. The van der Waals surface area contributed by atoms with Gasteiger partial charge < -0.3 is 15.6 Å². The molecule has 3 aromatic rings. The number of nitrogens with two attached hydrogens (primary N) is 1. The van der Waals surface area contributed by atoms with Crippen LogP contribution in [0.1, 0.15) is 11.1 Å². The molecule has 0 amide bonds. The van der Waals surface area contributed by atoms with Gasteiger partial charge in [-0.2, -0.15) is 0 Å². The third-order valence-electron chi connectivity index (χ3n) is 4.64. The first-order valence-electron chi connectivity index (χ1n) is 9.67. The van der Waals surface area contributed by atoms with Crippen molar-refractivity contribution in [1.82, 2.24) is 4.90 Å². The van der Waals surface area contributed by atoms with Crippen molar-refractivity contribution in [3.8, 4) is 5.75 Å². The second-order valence-electron chi connectivity index (χ2n) is 7.05. The summed E-state index contributed by atoms with van der Waals surface area (Å²) in [5.41, 5.74) is 7.85. The van der Waals surface area contributed by atoms with Gasteiger partial charge in [-0.05, 0) is 17.2 Å². The Kier molecular flexibility index (Phi) is 7.37. The molecule has 7 nitrogen and oxygen atoms in total. The van der Waals surface area contributed by atoms with Gasteiger partial charge in [-0.3, -0.25) is 15.0 Å². The van der Waals surface area contributed by atoms with Gasteiger partial charge in [0.2, 0.25) is 0 Å². The first-order valence-corrected chi connectivity index (χ1v) is 9.67. The number of nitro groups is 1. The average molecular weight is 407 g/mol. The molecular weight excluding hydrogens is 382 g/mol. The highest BCUT2D eigenvalue weighted by molar-refractivity contribution is 5.66. The maximum Gasteiger partial charge on any atom is 0.295 e. The Balaban J connectivity index is 1.64. The monoisotopic (exact) mass is 407 g/mol. The number of hydrogen-bond acceptors (Lipinski definition) is 6. The summed E-state index contributed by atoms with van der Waals surface area (Å²) in [4.78, 5) is 12.6. The Morgan fingerprint density at radius 1 is 0.933 bits per heavy atom. The number of ether oxygens (including phenoxy) is 1. The quantitative estimate of drug-likeness (QED) is 0.302. The zero-order valence-electron chi connectivity index (χ0n) is 16.6. The summed E-state index contributed by atoms with van der Waals surface area (Å²) in [7, 11) is 0.